The van der Waals surface area contributed by atoms with Crippen molar-refractivity contribution in [2.75, 3.05) is 13.2 Å². The second kappa shape index (κ2) is 10.5. The van der Waals surface area contributed by atoms with Gasteiger partial charge in [-0.15, -0.1) is 0 Å². The summed E-state index contributed by atoms with van der Waals surface area (Å²) in [6.45, 7) is 6.12. The van der Waals surface area contributed by atoms with E-state index in [1.54, 1.807) is 27.7 Å². The number of phenols is 1. The molecular weight excluding hydrogens is 402 g/mol. The van der Waals surface area contributed by atoms with Crippen LogP contribution in [-0.2, 0) is 20.9 Å². The molecular formula is C23H27NO7. The Morgan fingerprint density at radius 3 is 2.35 bits per heavy atom. The summed E-state index contributed by atoms with van der Waals surface area (Å²) in [5.74, 6) is -1.11. The molecule has 0 aliphatic heterocycles. The largest absolute Gasteiger partial charge is 0.507 e. The van der Waals surface area contributed by atoms with Crippen LogP contribution in [0, 0.1) is 6.92 Å². The average Bonchev–Trinajstić information content (AvgIpc) is 2.71. The van der Waals surface area contributed by atoms with Gasteiger partial charge in [-0.25, -0.2) is 9.59 Å². The number of carbonyl (C=O) groups is 3. The molecule has 2 aromatic rings. The van der Waals surface area contributed by atoms with E-state index in [0.717, 1.165) is 5.56 Å². The predicted molar refractivity (Wildman–Crippen MR) is 113 cm³/mol. The van der Waals surface area contributed by atoms with Crippen molar-refractivity contribution in [1.82, 2.24) is 5.32 Å². The lowest BCUT2D eigenvalue weighted by molar-refractivity contribution is -0.147. The molecule has 8 heteroatoms. The molecule has 0 aliphatic carbocycles. The lowest BCUT2D eigenvalue weighted by Crippen LogP contribution is -2.35. The Morgan fingerprint density at radius 1 is 1.03 bits per heavy atom. The van der Waals surface area contributed by atoms with Crippen molar-refractivity contribution >= 4 is 17.8 Å². The number of phenolic OH excluding ortho intramolecular Hbond substituents is 1. The van der Waals surface area contributed by atoms with Gasteiger partial charge in [0.05, 0.1) is 12.1 Å². The molecule has 1 amide bonds. The van der Waals surface area contributed by atoms with Crippen molar-refractivity contribution in [3.8, 4) is 11.5 Å². The minimum atomic E-state index is -0.731. The lowest BCUT2D eigenvalue weighted by atomic mass is 10.0. The van der Waals surface area contributed by atoms with E-state index in [-0.39, 0.29) is 36.8 Å². The van der Waals surface area contributed by atoms with Gasteiger partial charge in [-0.05, 0) is 45.4 Å². The van der Waals surface area contributed by atoms with Gasteiger partial charge in [0.2, 0.25) is 0 Å². The molecule has 0 radical (unpaired) electrons. The maximum Gasteiger partial charge on any atom is 0.408 e. The topological polar surface area (TPSA) is 111 Å². The van der Waals surface area contributed by atoms with Crippen molar-refractivity contribution in [3.63, 3.8) is 0 Å². The van der Waals surface area contributed by atoms with Crippen molar-refractivity contribution in [3.05, 3.63) is 59.2 Å². The Labute approximate surface area is 181 Å². The highest BCUT2D eigenvalue weighted by Crippen LogP contribution is 2.30. The van der Waals surface area contributed by atoms with E-state index in [4.69, 9.17) is 14.2 Å². The van der Waals surface area contributed by atoms with E-state index in [9.17, 15) is 19.5 Å². The van der Waals surface area contributed by atoms with Gasteiger partial charge in [-0.2, -0.15) is 0 Å². The first-order chi connectivity index (χ1) is 14.6. The van der Waals surface area contributed by atoms with Gasteiger partial charge >= 0.3 is 12.1 Å². The summed E-state index contributed by atoms with van der Waals surface area (Å²) < 4.78 is 15.6. The smallest absolute Gasteiger partial charge is 0.408 e. The van der Waals surface area contributed by atoms with E-state index in [0.29, 0.717) is 5.56 Å². The molecule has 0 heterocycles. The van der Waals surface area contributed by atoms with E-state index in [1.807, 2.05) is 30.3 Å². The van der Waals surface area contributed by atoms with Crippen LogP contribution in [0.25, 0.3) is 0 Å². The molecule has 2 rings (SSSR count). The summed E-state index contributed by atoms with van der Waals surface area (Å²) in [4.78, 5) is 35.9. The summed E-state index contributed by atoms with van der Waals surface area (Å²) >= 11 is 0. The zero-order valence-corrected chi connectivity index (χ0v) is 18.1. The molecule has 2 N–H and O–H groups in total. The second-order valence-corrected chi connectivity index (χ2v) is 7.80. The number of ether oxygens (including phenoxy) is 3. The molecule has 0 atom stereocenters. The number of rotatable bonds is 8. The highest BCUT2D eigenvalue weighted by molar-refractivity contribution is 6.01. The average molecular weight is 429 g/mol. The number of amides is 1. The number of carbonyl (C=O) groups excluding carboxylic acids is 3. The first kappa shape index (κ1) is 23.7. The van der Waals surface area contributed by atoms with Crippen molar-refractivity contribution < 1.29 is 33.7 Å². The number of hydrogen-bond acceptors (Lipinski definition) is 7. The highest BCUT2D eigenvalue weighted by atomic mass is 16.6. The first-order valence-corrected chi connectivity index (χ1v) is 9.72. The van der Waals surface area contributed by atoms with Crippen LogP contribution in [0.1, 0.15) is 42.3 Å². The predicted octanol–water partition coefficient (Wildman–Crippen LogP) is 3.53. The lowest BCUT2D eigenvalue weighted by Gasteiger charge is -2.19. The third-order valence-corrected chi connectivity index (χ3v) is 4.06. The summed E-state index contributed by atoms with van der Waals surface area (Å²) in [5, 5.41) is 12.7. The van der Waals surface area contributed by atoms with Gasteiger partial charge in [0.15, 0.2) is 12.4 Å². The molecule has 2 aromatic carbocycles. The Balaban J connectivity index is 1.90. The maximum atomic E-state index is 12.3. The van der Waals surface area contributed by atoms with Crippen LogP contribution in [0.4, 0.5) is 4.79 Å². The number of benzene rings is 2. The number of hydrogen-bond donors (Lipinski definition) is 2. The number of Topliss-reactive ketones (excluding diaryl/α,β-unsaturated/α-hetero) is 1. The molecule has 0 aliphatic rings. The standard InChI is InChI=1S/C23H27NO7/c1-15-19(29-14-20(26)30-13-16-8-6-5-7-9-16)11-10-17(21(15)27)18(25)12-24-22(28)31-23(2,3)4/h5-11,27H,12-14H2,1-4H3,(H,24,28). The molecule has 166 valence electrons. The number of nitrogens with one attached hydrogen (secondary N) is 1. The summed E-state index contributed by atoms with van der Waals surface area (Å²) in [7, 11) is 0. The Morgan fingerprint density at radius 2 is 1.71 bits per heavy atom. The fraction of sp³-hybridized carbons (Fsp3) is 0.348. The maximum absolute atomic E-state index is 12.3. The molecule has 0 saturated carbocycles. The number of aromatic hydroxyl groups is 1. The molecule has 0 fully saturated rings. The van der Waals surface area contributed by atoms with Crippen LogP contribution in [0.3, 0.4) is 0 Å². The minimum absolute atomic E-state index is 0.0209. The third kappa shape index (κ3) is 7.65. The van der Waals surface area contributed by atoms with Gasteiger partial charge in [0.1, 0.15) is 23.7 Å². The molecule has 0 unspecified atom stereocenters. The molecule has 0 spiro atoms. The van der Waals surface area contributed by atoms with Crippen LogP contribution in [-0.4, -0.2) is 41.7 Å². The van der Waals surface area contributed by atoms with Gasteiger partial charge in [0, 0.05) is 5.56 Å². The highest BCUT2D eigenvalue weighted by Gasteiger charge is 2.20. The second-order valence-electron chi connectivity index (χ2n) is 7.80. The van der Waals surface area contributed by atoms with E-state index >= 15 is 0 Å². The Kier molecular flexibility index (Phi) is 8.01. The minimum Gasteiger partial charge on any atom is -0.507 e. The molecule has 31 heavy (non-hydrogen) atoms. The van der Waals surface area contributed by atoms with Crippen LogP contribution in [0.15, 0.2) is 42.5 Å². The number of ketones is 1. The first-order valence-electron chi connectivity index (χ1n) is 9.72. The molecule has 0 saturated heterocycles. The van der Waals surface area contributed by atoms with E-state index in [1.165, 1.54) is 12.1 Å². The fourth-order valence-electron chi connectivity index (χ4n) is 2.54. The summed E-state index contributed by atoms with van der Waals surface area (Å²) in [6, 6.07) is 12.1. The Bertz CT molecular complexity index is 933. The summed E-state index contributed by atoms with van der Waals surface area (Å²) in [5.41, 5.74) is 0.478. The zero-order valence-electron chi connectivity index (χ0n) is 18.1. The number of esters is 1. The number of alkyl carbamates (subject to hydrolysis) is 1. The van der Waals surface area contributed by atoms with Gasteiger partial charge < -0.3 is 24.6 Å². The van der Waals surface area contributed by atoms with Crippen LogP contribution >= 0.6 is 0 Å². The van der Waals surface area contributed by atoms with Crippen molar-refractivity contribution in [1.29, 1.82) is 0 Å². The summed E-state index contributed by atoms with van der Waals surface area (Å²) in [6.07, 6.45) is -0.731. The SMILES string of the molecule is Cc1c(OCC(=O)OCc2ccccc2)ccc(C(=O)CNC(=O)OC(C)(C)C)c1O. The monoisotopic (exact) mass is 429 g/mol. The van der Waals surface area contributed by atoms with Gasteiger partial charge in [-0.1, -0.05) is 30.3 Å². The third-order valence-electron chi connectivity index (χ3n) is 4.06. The van der Waals surface area contributed by atoms with Gasteiger partial charge in [-0.3, -0.25) is 4.79 Å². The molecule has 0 bridgehead atoms. The van der Waals surface area contributed by atoms with Crippen molar-refractivity contribution in [2.24, 2.45) is 0 Å². The van der Waals surface area contributed by atoms with Gasteiger partial charge in [0.25, 0.3) is 0 Å². The normalized spacial score (nSPS) is 10.8. The fourth-order valence-corrected chi connectivity index (χ4v) is 2.54. The van der Waals surface area contributed by atoms with E-state index < -0.39 is 23.4 Å². The van der Waals surface area contributed by atoms with Crippen LogP contribution < -0.4 is 10.1 Å². The van der Waals surface area contributed by atoms with Crippen LogP contribution in [0.5, 0.6) is 11.5 Å². The van der Waals surface area contributed by atoms with Crippen LogP contribution in [0.2, 0.25) is 0 Å². The quantitative estimate of drug-likeness (QED) is 0.488. The zero-order chi connectivity index (χ0) is 23.0. The Hall–Kier alpha value is -3.55. The molecule has 8 nitrogen and oxygen atoms in total. The molecule has 0 aromatic heterocycles. The van der Waals surface area contributed by atoms with E-state index in [2.05, 4.69) is 5.32 Å². The van der Waals surface area contributed by atoms with Crippen molar-refractivity contribution in [2.45, 2.75) is 39.9 Å².